The van der Waals surface area contributed by atoms with E-state index in [0.717, 1.165) is 16.8 Å². The Morgan fingerprint density at radius 2 is 1.76 bits per heavy atom. The molecule has 0 aliphatic carbocycles. The van der Waals surface area contributed by atoms with Crippen LogP contribution in [0.1, 0.15) is 35.7 Å². The number of rotatable bonds is 8. The van der Waals surface area contributed by atoms with E-state index < -0.39 is 15.3 Å². The summed E-state index contributed by atoms with van der Waals surface area (Å²) in [5.41, 5.74) is 3.56. The molecule has 2 aromatic heterocycles. The number of sulfonamides is 1. The fourth-order valence-corrected chi connectivity index (χ4v) is 5.12. The fraction of sp³-hybridized carbons (Fsp3) is 0.261. The van der Waals surface area contributed by atoms with Crippen LogP contribution in [0.4, 0.5) is 11.6 Å². The molecule has 0 radical (unpaired) electrons. The van der Waals surface area contributed by atoms with Crippen molar-refractivity contribution in [2.24, 2.45) is 0 Å². The number of carbonyl (C=O) groups is 1. The maximum absolute atomic E-state index is 12.9. The Labute approximate surface area is 203 Å². The molecule has 9 nitrogen and oxygen atoms in total. The molecule has 0 aliphatic heterocycles. The molecule has 0 spiro atoms. The van der Waals surface area contributed by atoms with Crippen molar-refractivity contribution in [2.75, 3.05) is 10.0 Å². The van der Waals surface area contributed by atoms with E-state index in [1.807, 2.05) is 27.7 Å². The molecule has 2 N–H and O–H groups in total. The van der Waals surface area contributed by atoms with Gasteiger partial charge in [-0.2, -0.15) is 5.26 Å². The highest BCUT2D eigenvalue weighted by Gasteiger charge is 2.23. The van der Waals surface area contributed by atoms with Gasteiger partial charge in [-0.25, -0.2) is 28.1 Å². The second-order valence-electron chi connectivity index (χ2n) is 7.45. The number of hydrogen-bond donors (Lipinski definition) is 2. The number of anilines is 2. The molecule has 1 aromatic carbocycles. The van der Waals surface area contributed by atoms with Crippen molar-refractivity contribution in [1.29, 1.82) is 5.26 Å². The minimum absolute atomic E-state index is 0.00726. The SMILES string of the molecule is CCC(Sc1nc(C)c(C)c(C)c1C#N)C(=O)Nc1ccc(S(=O)(=O)Nc2ncccn2)cc1. The van der Waals surface area contributed by atoms with Crippen LogP contribution >= 0.6 is 11.8 Å². The van der Waals surface area contributed by atoms with Gasteiger partial charge in [0.05, 0.1) is 15.7 Å². The van der Waals surface area contributed by atoms with Crippen LogP contribution in [-0.2, 0) is 14.8 Å². The molecular weight excluding hydrogens is 472 g/mol. The summed E-state index contributed by atoms with van der Waals surface area (Å²) in [7, 11) is -3.87. The van der Waals surface area contributed by atoms with E-state index in [0.29, 0.717) is 22.7 Å². The molecule has 1 unspecified atom stereocenters. The summed E-state index contributed by atoms with van der Waals surface area (Å²) in [5, 5.41) is 12.4. The lowest BCUT2D eigenvalue weighted by Gasteiger charge is -2.17. The van der Waals surface area contributed by atoms with Crippen LogP contribution in [0.3, 0.4) is 0 Å². The van der Waals surface area contributed by atoms with Crippen molar-refractivity contribution in [3.63, 3.8) is 0 Å². The van der Waals surface area contributed by atoms with Crippen molar-refractivity contribution in [3.05, 3.63) is 65.1 Å². The second-order valence-corrected chi connectivity index (χ2v) is 10.3. The number of benzene rings is 1. The van der Waals surface area contributed by atoms with E-state index >= 15 is 0 Å². The highest BCUT2D eigenvalue weighted by molar-refractivity contribution is 8.00. The number of thioether (sulfide) groups is 1. The van der Waals surface area contributed by atoms with Crippen molar-refractivity contribution >= 4 is 39.3 Å². The third kappa shape index (κ3) is 5.70. The molecule has 1 atom stereocenters. The summed E-state index contributed by atoms with van der Waals surface area (Å²) in [6, 6.07) is 9.57. The summed E-state index contributed by atoms with van der Waals surface area (Å²) in [6.45, 7) is 7.55. The van der Waals surface area contributed by atoms with Gasteiger partial charge in [-0.15, -0.1) is 0 Å². The molecule has 3 aromatic rings. The first-order valence-corrected chi connectivity index (χ1v) is 12.8. The van der Waals surface area contributed by atoms with Crippen molar-refractivity contribution in [2.45, 2.75) is 49.3 Å². The minimum atomic E-state index is -3.87. The van der Waals surface area contributed by atoms with Gasteiger partial charge in [0.2, 0.25) is 11.9 Å². The first kappa shape index (κ1) is 25.1. The Kier molecular flexibility index (Phi) is 7.86. The van der Waals surface area contributed by atoms with Gasteiger partial charge in [-0.05, 0) is 68.7 Å². The molecule has 3 rings (SSSR count). The zero-order valence-corrected chi connectivity index (χ0v) is 20.8. The molecule has 0 fully saturated rings. The fourth-order valence-electron chi connectivity index (χ4n) is 3.06. The maximum atomic E-state index is 12.9. The summed E-state index contributed by atoms with van der Waals surface area (Å²) in [6.07, 6.45) is 3.38. The number of amides is 1. The van der Waals surface area contributed by atoms with Crippen LogP contribution in [0.15, 0.2) is 52.6 Å². The molecule has 0 aliphatic rings. The highest BCUT2D eigenvalue weighted by atomic mass is 32.2. The average Bonchev–Trinajstić information content (AvgIpc) is 2.81. The monoisotopic (exact) mass is 496 g/mol. The molecule has 1 amide bonds. The van der Waals surface area contributed by atoms with Crippen LogP contribution in [0, 0.1) is 32.1 Å². The zero-order valence-electron chi connectivity index (χ0n) is 19.2. The predicted octanol–water partition coefficient (Wildman–Crippen LogP) is 3.98. The van der Waals surface area contributed by atoms with Gasteiger partial charge < -0.3 is 5.32 Å². The number of nitriles is 1. The minimum Gasteiger partial charge on any atom is -0.325 e. The number of pyridine rings is 1. The van der Waals surface area contributed by atoms with Crippen molar-refractivity contribution < 1.29 is 13.2 Å². The molecule has 2 heterocycles. The van der Waals surface area contributed by atoms with Gasteiger partial charge in [0.1, 0.15) is 11.1 Å². The largest absolute Gasteiger partial charge is 0.325 e. The molecule has 0 saturated carbocycles. The van der Waals surface area contributed by atoms with Crippen LogP contribution in [-0.4, -0.2) is 34.5 Å². The lowest BCUT2D eigenvalue weighted by Crippen LogP contribution is -2.25. The Morgan fingerprint density at radius 1 is 1.12 bits per heavy atom. The summed E-state index contributed by atoms with van der Waals surface area (Å²) in [5.74, 6) is -0.296. The zero-order chi connectivity index (χ0) is 24.9. The van der Waals surface area contributed by atoms with Gasteiger partial charge in [-0.3, -0.25) is 4.79 Å². The third-order valence-electron chi connectivity index (χ3n) is 5.22. The number of aryl methyl sites for hydroxylation is 1. The Hall–Kier alpha value is -3.49. The van der Waals surface area contributed by atoms with Crippen LogP contribution in [0.25, 0.3) is 0 Å². The quantitative estimate of drug-likeness (QED) is 0.447. The smallest absolute Gasteiger partial charge is 0.264 e. The van der Waals surface area contributed by atoms with E-state index in [2.05, 4.69) is 31.1 Å². The first-order valence-electron chi connectivity index (χ1n) is 10.4. The summed E-state index contributed by atoms with van der Waals surface area (Å²) in [4.78, 5) is 25.2. The maximum Gasteiger partial charge on any atom is 0.264 e. The van der Waals surface area contributed by atoms with E-state index in [4.69, 9.17) is 0 Å². The number of nitrogens with one attached hydrogen (secondary N) is 2. The normalized spacial score (nSPS) is 12.0. The van der Waals surface area contributed by atoms with Crippen LogP contribution in [0.5, 0.6) is 0 Å². The van der Waals surface area contributed by atoms with Gasteiger partial charge in [-0.1, -0.05) is 18.7 Å². The highest BCUT2D eigenvalue weighted by Crippen LogP contribution is 2.31. The third-order valence-corrected chi connectivity index (χ3v) is 7.91. The summed E-state index contributed by atoms with van der Waals surface area (Å²) < 4.78 is 27.3. The predicted molar refractivity (Wildman–Crippen MR) is 131 cm³/mol. The first-order chi connectivity index (χ1) is 16.2. The molecule has 0 bridgehead atoms. The average molecular weight is 497 g/mol. The van der Waals surface area contributed by atoms with Crippen molar-refractivity contribution in [1.82, 2.24) is 15.0 Å². The van der Waals surface area contributed by atoms with Gasteiger partial charge in [0, 0.05) is 23.8 Å². The van der Waals surface area contributed by atoms with E-state index in [1.165, 1.54) is 48.4 Å². The molecule has 34 heavy (non-hydrogen) atoms. The topological polar surface area (TPSA) is 138 Å². The van der Waals surface area contributed by atoms with E-state index in [1.54, 1.807) is 6.07 Å². The molecular formula is C23H24N6O3S2. The Bertz CT molecular complexity index is 1340. The standard InChI is InChI=1S/C23H24N6O3S2/c1-5-20(33-22-19(13-24)15(3)14(2)16(4)27-22)21(30)28-17-7-9-18(10-8-17)34(31,32)29-23-25-11-6-12-26-23/h6-12,20H,5H2,1-4H3,(H,28,30)(H,25,26,29). The van der Waals surface area contributed by atoms with Crippen LogP contribution in [0.2, 0.25) is 0 Å². The van der Waals surface area contributed by atoms with Gasteiger partial charge >= 0.3 is 0 Å². The Balaban J connectivity index is 1.73. The number of aromatic nitrogens is 3. The van der Waals surface area contributed by atoms with Gasteiger partial charge in [0.15, 0.2) is 0 Å². The van der Waals surface area contributed by atoms with Gasteiger partial charge in [0.25, 0.3) is 10.0 Å². The second kappa shape index (κ2) is 10.6. The molecule has 11 heteroatoms. The Morgan fingerprint density at radius 3 is 2.35 bits per heavy atom. The molecule has 0 saturated heterocycles. The number of nitrogens with zero attached hydrogens (tertiary/aromatic N) is 4. The number of carbonyl (C=O) groups excluding carboxylic acids is 1. The van der Waals surface area contributed by atoms with E-state index in [9.17, 15) is 18.5 Å². The van der Waals surface area contributed by atoms with E-state index in [-0.39, 0.29) is 16.8 Å². The van der Waals surface area contributed by atoms with Crippen molar-refractivity contribution in [3.8, 4) is 6.07 Å². The van der Waals surface area contributed by atoms with Crippen LogP contribution < -0.4 is 10.0 Å². The lowest BCUT2D eigenvalue weighted by atomic mass is 10.1. The summed E-state index contributed by atoms with van der Waals surface area (Å²) >= 11 is 1.25. The molecule has 176 valence electrons. The number of hydrogen-bond acceptors (Lipinski definition) is 8. The lowest BCUT2D eigenvalue weighted by molar-refractivity contribution is -0.115.